The van der Waals surface area contributed by atoms with Crippen molar-refractivity contribution in [3.05, 3.63) is 12.2 Å². The van der Waals surface area contributed by atoms with Gasteiger partial charge in [-0.25, -0.2) is 0 Å². The molecule has 1 saturated heterocycles. The Labute approximate surface area is 79.0 Å². The summed E-state index contributed by atoms with van der Waals surface area (Å²) in [4.78, 5) is 0. The second-order valence-electron chi connectivity index (χ2n) is 3.98. The van der Waals surface area contributed by atoms with Gasteiger partial charge in [-0.1, -0.05) is 19.1 Å². The Morgan fingerprint density at radius 1 is 1.38 bits per heavy atom. The van der Waals surface area contributed by atoms with Crippen molar-refractivity contribution in [2.45, 2.75) is 51.1 Å². The van der Waals surface area contributed by atoms with E-state index in [0.717, 1.165) is 5.57 Å². The number of rotatable bonds is 3. The first kappa shape index (κ1) is 10.7. The molecule has 0 spiro atoms. The van der Waals surface area contributed by atoms with Gasteiger partial charge in [0.05, 0.1) is 0 Å². The Morgan fingerprint density at radius 2 is 1.92 bits per heavy atom. The maximum Gasteiger partial charge on any atom is 0.172 e. The first-order valence-corrected chi connectivity index (χ1v) is 4.68. The van der Waals surface area contributed by atoms with Crippen LogP contribution in [0.2, 0.25) is 0 Å². The van der Waals surface area contributed by atoms with Crippen molar-refractivity contribution in [3.63, 3.8) is 0 Å². The topological polar surface area (TPSA) is 49.7 Å². The lowest BCUT2D eigenvalue weighted by atomic mass is 10.0. The zero-order valence-corrected chi connectivity index (χ0v) is 8.34. The van der Waals surface area contributed by atoms with Crippen molar-refractivity contribution in [2.24, 2.45) is 0 Å². The van der Waals surface area contributed by atoms with Crippen LogP contribution in [0.1, 0.15) is 39.5 Å². The average molecular weight is 186 g/mol. The van der Waals surface area contributed by atoms with E-state index in [2.05, 4.69) is 6.58 Å². The molecular formula is C10H18O3. The third-order valence-electron chi connectivity index (χ3n) is 2.42. The summed E-state index contributed by atoms with van der Waals surface area (Å²) in [6.07, 6.45) is 1.87. The molecule has 0 aromatic rings. The van der Waals surface area contributed by atoms with Crippen LogP contribution in [0.25, 0.3) is 0 Å². The summed E-state index contributed by atoms with van der Waals surface area (Å²) >= 11 is 0. The molecule has 13 heavy (non-hydrogen) atoms. The van der Waals surface area contributed by atoms with E-state index in [1.165, 1.54) is 0 Å². The normalized spacial score (nSPS) is 39.4. The highest BCUT2D eigenvalue weighted by Gasteiger charge is 2.45. The van der Waals surface area contributed by atoms with Crippen molar-refractivity contribution in [1.29, 1.82) is 0 Å². The summed E-state index contributed by atoms with van der Waals surface area (Å²) < 4.78 is 5.25. The molecule has 0 bridgehead atoms. The quantitative estimate of drug-likeness (QED) is 0.657. The van der Waals surface area contributed by atoms with Crippen molar-refractivity contribution in [2.75, 3.05) is 0 Å². The summed E-state index contributed by atoms with van der Waals surface area (Å²) in [6, 6.07) is 0. The fourth-order valence-corrected chi connectivity index (χ4v) is 1.69. The van der Waals surface area contributed by atoms with E-state index < -0.39 is 11.6 Å². The molecule has 3 nitrogen and oxygen atoms in total. The minimum atomic E-state index is -1.20. The van der Waals surface area contributed by atoms with Crippen LogP contribution >= 0.6 is 0 Å². The molecule has 1 heterocycles. The van der Waals surface area contributed by atoms with Gasteiger partial charge in [0.2, 0.25) is 0 Å². The highest BCUT2D eigenvalue weighted by atomic mass is 16.7. The molecule has 1 aliphatic rings. The van der Waals surface area contributed by atoms with E-state index in [-0.39, 0.29) is 0 Å². The van der Waals surface area contributed by atoms with Crippen LogP contribution in [-0.4, -0.2) is 21.8 Å². The van der Waals surface area contributed by atoms with E-state index >= 15 is 0 Å². The molecule has 2 atom stereocenters. The summed E-state index contributed by atoms with van der Waals surface area (Å²) in [5.74, 6) is -2.33. The van der Waals surface area contributed by atoms with Crippen LogP contribution in [0.3, 0.4) is 0 Å². The van der Waals surface area contributed by atoms with Gasteiger partial charge in [-0.2, -0.15) is 0 Å². The molecule has 0 aromatic carbocycles. The van der Waals surface area contributed by atoms with Crippen molar-refractivity contribution in [3.8, 4) is 0 Å². The van der Waals surface area contributed by atoms with Gasteiger partial charge in [0, 0.05) is 19.3 Å². The SMILES string of the molecule is C=C(C)C[C@]1(O)CC[C@](O)(CC)O1. The standard InChI is InChI=1S/C10H18O3/c1-4-9(11)5-6-10(12,13-9)7-8(2)3/h11-12H,2,4-7H2,1,3H3/t9-,10-/m0/s1. The van der Waals surface area contributed by atoms with Gasteiger partial charge < -0.3 is 14.9 Å². The highest BCUT2D eigenvalue weighted by Crippen LogP contribution is 2.39. The van der Waals surface area contributed by atoms with Crippen LogP contribution in [-0.2, 0) is 4.74 Å². The number of hydrogen-bond donors (Lipinski definition) is 2. The second-order valence-corrected chi connectivity index (χ2v) is 3.98. The van der Waals surface area contributed by atoms with E-state index in [1.807, 2.05) is 13.8 Å². The zero-order valence-electron chi connectivity index (χ0n) is 8.34. The predicted molar refractivity (Wildman–Crippen MR) is 49.9 cm³/mol. The van der Waals surface area contributed by atoms with Gasteiger partial charge in [0.1, 0.15) is 0 Å². The lowest BCUT2D eigenvalue weighted by Gasteiger charge is -2.27. The molecule has 3 heteroatoms. The number of aliphatic hydroxyl groups is 2. The van der Waals surface area contributed by atoms with E-state index in [4.69, 9.17) is 4.74 Å². The number of ether oxygens (including phenoxy) is 1. The summed E-state index contributed by atoms with van der Waals surface area (Å²) in [7, 11) is 0. The second kappa shape index (κ2) is 3.40. The minimum absolute atomic E-state index is 0.398. The summed E-state index contributed by atoms with van der Waals surface area (Å²) in [5.41, 5.74) is 0.864. The van der Waals surface area contributed by atoms with Gasteiger partial charge >= 0.3 is 0 Å². The largest absolute Gasteiger partial charge is 0.365 e. The lowest BCUT2D eigenvalue weighted by Crippen LogP contribution is -2.35. The van der Waals surface area contributed by atoms with Crippen LogP contribution < -0.4 is 0 Å². The van der Waals surface area contributed by atoms with Crippen molar-refractivity contribution < 1.29 is 14.9 Å². The molecule has 76 valence electrons. The molecular weight excluding hydrogens is 168 g/mol. The molecule has 1 rings (SSSR count). The monoisotopic (exact) mass is 186 g/mol. The Balaban J connectivity index is 2.61. The van der Waals surface area contributed by atoms with Gasteiger partial charge in [-0.05, 0) is 13.3 Å². The summed E-state index contributed by atoms with van der Waals surface area (Å²) in [5, 5.41) is 19.6. The van der Waals surface area contributed by atoms with Crippen LogP contribution in [0, 0.1) is 0 Å². The average Bonchev–Trinajstić information content (AvgIpc) is 2.27. The molecule has 2 N–H and O–H groups in total. The molecule has 0 radical (unpaired) electrons. The third kappa shape index (κ3) is 2.53. The molecule has 1 aliphatic heterocycles. The Hall–Kier alpha value is -0.380. The van der Waals surface area contributed by atoms with Gasteiger partial charge in [0.25, 0.3) is 0 Å². The van der Waals surface area contributed by atoms with Gasteiger partial charge in [-0.15, -0.1) is 0 Å². The molecule has 0 aliphatic carbocycles. The first-order chi connectivity index (χ1) is 5.89. The van der Waals surface area contributed by atoms with Crippen molar-refractivity contribution >= 4 is 0 Å². The Morgan fingerprint density at radius 3 is 2.31 bits per heavy atom. The van der Waals surface area contributed by atoms with E-state index in [0.29, 0.717) is 25.7 Å². The fourth-order valence-electron chi connectivity index (χ4n) is 1.69. The van der Waals surface area contributed by atoms with Gasteiger partial charge in [0.15, 0.2) is 11.6 Å². The third-order valence-corrected chi connectivity index (χ3v) is 2.42. The minimum Gasteiger partial charge on any atom is -0.365 e. The molecule has 0 amide bonds. The van der Waals surface area contributed by atoms with Crippen LogP contribution in [0.4, 0.5) is 0 Å². The van der Waals surface area contributed by atoms with E-state index in [1.54, 1.807) is 0 Å². The van der Waals surface area contributed by atoms with Crippen LogP contribution in [0.5, 0.6) is 0 Å². The lowest BCUT2D eigenvalue weighted by molar-refractivity contribution is -0.288. The molecule has 0 saturated carbocycles. The molecule has 0 aromatic heterocycles. The highest BCUT2D eigenvalue weighted by molar-refractivity contribution is 4.97. The maximum absolute atomic E-state index is 9.89. The van der Waals surface area contributed by atoms with Crippen LogP contribution in [0.15, 0.2) is 12.2 Å². The van der Waals surface area contributed by atoms with Crippen molar-refractivity contribution in [1.82, 2.24) is 0 Å². The fraction of sp³-hybridized carbons (Fsp3) is 0.800. The number of hydrogen-bond acceptors (Lipinski definition) is 3. The predicted octanol–water partition coefficient (Wildman–Crippen LogP) is 1.55. The molecule has 1 fully saturated rings. The smallest absolute Gasteiger partial charge is 0.172 e. The Bertz CT molecular complexity index is 214. The van der Waals surface area contributed by atoms with Gasteiger partial charge in [-0.3, -0.25) is 0 Å². The Kier molecular flexibility index (Phi) is 2.80. The van der Waals surface area contributed by atoms with E-state index in [9.17, 15) is 10.2 Å². The first-order valence-electron chi connectivity index (χ1n) is 4.68. The summed E-state index contributed by atoms with van der Waals surface area (Å²) in [6.45, 7) is 7.39. The maximum atomic E-state index is 9.89. The zero-order chi connectivity index (χ0) is 10.1. The molecule has 0 unspecified atom stereocenters.